The Hall–Kier alpha value is -0.190. The van der Waals surface area contributed by atoms with Crippen LogP contribution in [0.3, 0.4) is 0 Å². The van der Waals surface area contributed by atoms with Gasteiger partial charge in [0.15, 0.2) is 0 Å². The van der Waals surface area contributed by atoms with Crippen molar-refractivity contribution >= 4 is 17.2 Å². The van der Waals surface area contributed by atoms with Gasteiger partial charge >= 0.3 is 0 Å². The van der Waals surface area contributed by atoms with Gasteiger partial charge < -0.3 is 10.5 Å². The van der Waals surface area contributed by atoms with Crippen LogP contribution >= 0.6 is 12.2 Å². The summed E-state index contributed by atoms with van der Waals surface area (Å²) in [7, 11) is 0. The third-order valence-electron chi connectivity index (χ3n) is 3.05. The van der Waals surface area contributed by atoms with Crippen LogP contribution in [0.4, 0.5) is 0 Å². The Kier molecular flexibility index (Phi) is 4.49. The second-order valence-corrected chi connectivity index (χ2v) is 5.42. The molecular weight excluding hydrogens is 208 g/mol. The molecule has 1 aliphatic rings. The van der Waals surface area contributed by atoms with E-state index < -0.39 is 0 Å². The number of thiocarbonyl (C=S) groups is 1. The first-order valence-corrected chi connectivity index (χ1v) is 5.96. The Morgan fingerprint density at radius 2 is 2.27 bits per heavy atom. The Morgan fingerprint density at radius 1 is 1.60 bits per heavy atom. The van der Waals surface area contributed by atoms with Crippen LogP contribution in [0.15, 0.2) is 0 Å². The van der Waals surface area contributed by atoms with E-state index in [9.17, 15) is 0 Å². The van der Waals surface area contributed by atoms with E-state index in [1.807, 2.05) is 0 Å². The average molecular weight is 230 g/mol. The molecule has 0 spiro atoms. The quantitative estimate of drug-likeness (QED) is 0.741. The molecular formula is C11H22N2OS. The lowest BCUT2D eigenvalue weighted by Crippen LogP contribution is -2.43. The van der Waals surface area contributed by atoms with Gasteiger partial charge in [-0.05, 0) is 19.9 Å². The van der Waals surface area contributed by atoms with E-state index in [2.05, 4.69) is 25.7 Å². The molecule has 4 heteroatoms. The second kappa shape index (κ2) is 5.23. The second-order valence-electron chi connectivity index (χ2n) is 4.98. The number of morpholine rings is 1. The summed E-state index contributed by atoms with van der Waals surface area (Å²) in [4.78, 5) is 3.04. The molecule has 0 amide bonds. The van der Waals surface area contributed by atoms with E-state index in [4.69, 9.17) is 22.7 Å². The van der Waals surface area contributed by atoms with Crippen molar-refractivity contribution < 1.29 is 4.74 Å². The van der Waals surface area contributed by atoms with Crippen LogP contribution in [-0.2, 0) is 4.74 Å². The average Bonchev–Trinajstić information content (AvgIpc) is 2.15. The molecule has 1 heterocycles. The summed E-state index contributed by atoms with van der Waals surface area (Å²) in [6.45, 7) is 10.3. The van der Waals surface area contributed by atoms with Gasteiger partial charge in [-0.15, -0.1) is 0 Å². The summed E-state index contributed by atoms with van der Waals surface area (Å²) in [6, 6.07) is 0. The molecule has 0 aromatic carbocycles. The van der Waals surface area contributed by atoms with Crippen molar-refractivity contribution in [1.82, 2.24) is 4.90 Å². The van der Waals surface area contributed by atoms with E-state index in [1.54, 1.807) is 0 Å². The molecule has 1 fully saturated rings. The smallest absolute Gasteiger partial charge is 0.0784 e. The largest absolute Gasteiger partial charge is 0.393 e. The minimum Gasteiger partial charge on any atom is -0.393 e. The maximum Gasteiger partial charge on any atom is 0.0784 e. The number of ether oxygens (including phenoxy) is 1. The van der Waals surface area contributed by atoms with E-state index in [-0.39, 0.29) is 5.41 Å². The van der Waals surface area contributed by atoms with Crippen LogP contribution in [0.5, 0.6) is 0 Å². The van der Waals surface area contributed by atoms with Gasteiger partial charge in [0.2, 0.25) is 0 Å². The zero-order valence-electron chi connectivity index (χ0n) is 9.95. The minimum atomic E-state index is -0.0309. The summed E-state index contributed by atoms with van der Waals surface area (Å²) in [5.41, 5.74) is 5.67. The van der Waals surface area contributed by atoms with Gasteiger partial charge in [0.05, 0.1) is 17.7 Å². The molecule has 0 aliphatic carbocycles. The highest BCUT2D eigenvalue weighted by Gasteiger charge is 2.24. The summed E-state index contributed by atoms with van der Waals surface area (Å²) in [5, 5.41) is 0. The van der Waals surface area contributed by atoms with Gasteiger partial charge in [0, 0.05) is 18.5 Å². The van der Waals surface area contributed by atoms with E-state index >= 15 is 0 Å². The maximum atomic E-state index is 5.70. The highest BCUT2D eigenvalue weighted by Crippen LogP contribution is 2.21. The molecule has 0 radical (unpaired) electrons. The van der Waals surface area contributed by atoms with Gasteiger partial charge in [-0.25, -0.2) is 0 Å². The Balaban J connectivity index is 2.33. The first-order chi connectivity index (χ1) is 6.92. The molecule has 1 rings (SSSR count). The number of hydrogen-bond acceptors (Lipinski definition) is 3. The van der Waals surface area contributed by atoms with E-state index in [0.29, 0.717) is 11.1 Å². The van der Waals surface area contributed by atoms with Crippen molar-refractivity contribution in [1.29, 1.82) is 0 Å². The molecule has 1 unspecified atom stereocenters. The van der Waals surface area contributed by atoms with Crippen LogP contribution in [-0.4, -0.2) is 42.2 Å². The number of nitrogens with zero attached hydrogens (tertiary/aromatic N) is 1. The van der Waals surface area contributed by atoms with Gasteiger partial charge in [-0.3, -0.25) is 4.90 Å². The number of rotatable bonds is 4. The molecule has 15 heavy (non-hydrogen) atoms. The molecule has 1 aliphatic heterocycles. The van der Waals surface area contributed by atoms with Crippen LogP contribution in [0, 0.1) is 5.41 Å². The summed E-state index contributed by atoms with van der Waals surface area (Å²) < 4.78 is 5.50. The van der Waals surface area contributed by atoms with Crippen molar-refractivity contribution in [2.75, 3.05) is 26.2 Å². The van der Waals surface area contributed by atoms with Crippen LogP contribution < -0.4 is 5.73 Å². The van der Waals surface area contributed by atoms with Gasteiger partial charge in [-0.1, -0.05) is 26.1 Å². The van der Waals surface area contributed by atoms with Crippen molar-refractivity contribution in [3.8, 4) is 0 Å². The summed E-state index contributed by atoms with van der Waals surface area (Å²) in [5.74, 6) is 0. The van der Waals surface area contributed by atoms with Crippen molar-refractivity contribution in [3.63, 3.8) is 0 Å². The predicted octanol–water partition coefficient (Wildman–Crippen LogP) is 1.41. The summed E-state index contributed by atoms with van der Waals surface area (Å²) in [6.07, 6.45) is 1.38. The van der Waals surface area contributed by atoms with Crippen LogP contribution in [0.25, 0.3) is 0 Å². The molecule has 0 aromatic heterocycles. The molecule has 1 atom stereocenters. The molecule has 0 aromatic rings. The third-order valence-corrected chi connectivity index (χ3v) is 3.60. The SMILES string of the molecule is CC1CN(CCC(C)(C)C(N)=S)CCO1. The third kappa shape index (κ3) is 4.05. The van der Waals surface area contributed by atoms with Crippen LogP contribution in [0.2, 0.25) is 0 Å². The zero-order valence-corrected chi connectivity index (χ0v) is 10.8. The van der Waals surface area contributed by atoms with Gasteiger partial charge in [0.1, 0.15) is 0 Å². The highest BCUT2D eigenvalue weighted by molar-refractivity contribution is 7.80. The van der Waals surface area contributed by atoms with Gasteiger partial charge in [0.25, 0.3) is 0 Å². The number of hydrogen-bond donors (Lipinski definition) is 1. The minimum absolute atomic E-state index is 0.0309. The van der Waals surface area contributed by atoms with E-state index in [1.165, 1.54) is 0 Å². The molecule has 0 saturated carbocycles. The fourth-order valence-corrected chi connectivity index (χ4v) is 1.76. The molecule has 3 nitrogen and oxygen atoms in total. The van der Waals surface area contributed by atoms with Crippen molar-refractivity contribution in [3.05, 3.63) is 0 Å². The topological polar surface area (TPSA) is 38.5 Å². The van der Waals surface area contributed by atoms with Gasteiger partial charge in [-0.2, -0.15) is 0 Å². The normalized spacial score (nSPS) is 24.1. The zero-order chi connectivity index (χ0) is 11.5. The predicted molar refractivity (Wildman–Crippen MR) is 67.0 cm³/mol. The Morgan fingerprint density at radius 3 is 2.80 bits per heavy atom. The lowest BCUT2D eigenvalue weighted by atomic mass is 9.89. The standard InChI is InChI=1S/C11H22N2OS/c1-9-8-13(6-7-14-9)5-4-11(2,3)10(12)15/h9H,4-8H2,1-3H3,(H2,12,15). The molecule has 88 valence electrons. The van der Waals surface area contributed by atoms with Crippen LogP contribution in [0.1, 0.15) is 27.2 Å². The fourth-order valence-electron chi connectivity index (χ4n) is 1.65. The number of nitrogens with two attached hydrogens (primary N) is 1. The molecule has 0 bridgehead atoms. The molecule has 2 N–H and O–H groups in total. The molecule has 1 saturated heterocycles. The lowest BCUT2D eigenvalue weighted by Gasteiger charge is -2.33. The highest BCUT2D eigenvalue weighted by atomic mass is 32.1. The van der Waals surface area contributed by atoms with Crippen molar-refractivity contribution in [2.24, 2.45) is 11.1 Å². The lowest BCUT2D eigenvalue weighted by molar-refractivity contribution is -0.0200. The summed E-state index contributed by atoms with van der Waals surface area (Å²) >= 11 is 5.06. The Bertz CT molecular complexity index is 231. The van der Waals surface area contributed by atoms with E-state index in [0.717, 1.165) is 32.7 Å². The first kappa shape index (κ1) is 12.9. The Labute approximate surface area is 98.0 Å². The fraction of sp³-hybridized carbons (Fsp3) is 0.909. The van der Waals surface area contributed by atoms with Crippen molar-refractivity contribution in [2.45, 2.75) is 33.3 Å². The first-order valence-electron chi connectivity index (χ1n) is 5.56. The maximum absolute atomic E-state index is 5.70. The monoisotopic (exact) mass is 230 g/mol.